The normalized spacial score (nSPS) is 10.4. The Morgan fingerprint density at radius 3 is 2.45 bits per heavy atom. The van der Waals surface area contributed by atoms with Crippen molar-refractivity contribution in [2.45, 2.75) is 18.6 Å². The molecule has 2 aromatic carbocycles. The largest absolute Gasteiger partial charge is 0.356 e. The van der Waals surface area contributed by atoms with Crippen LogP contribution in [0, 0.1) is 5.82 Å². The van der Waals surface area contributed by atoms with Gasteiger partial charge in [0.25, 0.3) is 0 Å². The van der Waals surface area contributed by atoms with Gasteiger partial charge in [-0.3, -0.25) is 4.79 Å². The van der Waals surface area contributed by atoms with Gasteiger partial charge in [0.05, 0.1) is 0 Å². The van der Waals surface area contributed by atoms with Crippen molar-refractivity contribution in [1.29, 1.82) is 0 Å². The highest BCUT2D eigenvalue weighted by atomic mass is 32.2. The Labute approximate surface area is 135 Å². The molecule has 0 radical (unpaired) electrons. The number of carbonyl (C=O) groups is 1. The van der Waals surface area contributed by atoms with Crippen LogP contribution in [0.1, 0.15) is 17.5 Å². The van der Waals surface area contributed by atoms with E-state index >= 15 is 0 Å². The van der Waals surface area contributed by atoms with Gasteiger partial charge in [0.1, 0.15) is 5.82 Å². The standard InChI is InChI=1S/C18H20FNOS/c19-17-8-6-15(7-9-17)10-12-20-18(21)11-13-22-14-16-4-2-1-3-5-16/h1-9H,10-14H2,(H,20,21). The van der Waals surface area contributed by atoms with Gasteiger partial charge in [-0.15, -0.1) is 0 Å². The number of thioether (sulfide) groups is 1. The van der Waals surface area contributed by atoms with E-state index < -0.39 is 0 Å². The quantitative estimate of drug-likeness (QED) is 0.750. The second kappa shape index (κ2) is 9.26. The molecule has 0 heterocycles. The molecule has 2 nitrogen and oxygen atoms in total. The Balaban J connectivity index is 1.55. The van der Waals surface area contributed by atoms with E-state index in [1.165, 1.54) is 17.7 Å². The van der Waals surface area contributed by atoms with Crippen LogP contribution in [0.4, 0.5) is 4.39 Å². The molecule has 1 N–H and O–H groups in total. The van der Waals surface area contributed by atoms with Gasteiger partial charge in [0.15, 0.2) is 0 Å². The lowest BCUT2D eigenvalue weighted by Gasteiger charge is -2.06. The van der Waals surface area contributed by atoms with Crippen LogP contribution in [-0.2, 0) is 17.0 Å². The molecule has 4 heteroatoms. The molecule has 2 rings (SSSR count). The summed E-state index contributed by atoms with van der Waals surface area (Å²) in [5.41, 5.74) is 2.31. The first-order chi connectivity index (χ1) is 10.7. The molecule has 0 unspecified atom stereocenters. The van der Waals surface area contributed by atoms with E-state index in [4.69, 9.17) is 0 Å². The predicted molar refractivity (Wildman–Crippen MR) is 90.3 cm³/mol. The van der Waals surface area contributed by atoms with Crippen LogP contribution in [0.5, 0.6) is 0 Å². The zero-order valence-electron chi connectivity index (χ0n) is 12.4. The van der Waals surface area contributed by atoms with Gasteiger partial charge >= 0.3 is 0 Å². The molecule has 0 aliphatic carbocycles. The molecule has 2 aromatic rings. The minimum Gasteiger partial charge on any atom is -0.356 e. The third kappa shape index (κ3) is 6.31. The summed E-state index contributed by atoms with van der Waals surface area (Å²) >= 11 is 1.76. The van der Waals surface area contributed by atoms with Crippen molar-refractivity contribution in [2.75, 3.05) is 12.3 Å². The smallest absolute Gasteiger partial charge is 0.220 e. The van der Waals surface area contributed by atoms with Crippen LogP contribution in [-0.4, -0.2) is 18.2 Å². The Morgan fingerprint density at radius 2 is 1.73 bits per heavy atom. The van der Waals surface area contributed by atoms with Crippen LogP contribution in [0.15, 0.2) is 54.6 Å². The van der Waals surface area contributed by atoms with Gasteiger partial charge in [0, 0.05) is 24.5 Å². The number of hydrogen-bond donors (Lipinski definition) is 1. The molecule has 0 aromatic heterocycles. The van der Waals surface area contributed by atoms with E-state index in [0.717, 1.165) is 23.5 Å². The summed E-state index contributed by atoms with van der Waals surface area (Å²) in [6.45, 7) is 0.591. The van der Waals surface area contributed by atoms with Gasteiger partial charge < -0.3 is 5.32 Å². The van der Waals surface area contributed by atoms with Gasteiger partial charge in [-0.2, -0.15) is 11.8 Å². The summed E-state index contributed by atoms with van der Waals surface area (Å²) in [5.74, 6) is 1.59. The predicted octanol–water partition coefficient (Wildman–Crippen LogP) is 3.81. The van der Waals surface area contributed by atoms with E-state index in [0.29, 0.717) is 13.0 Å². The second-order valence-electron chi connectivity index (χ2n) is 5.01. The van der Waals surface area contributed by atoms with Crippen molar-refractivity contribution < 1.29 is 9.18 Å². The first-order valence-electron chi connectivity index (χ1n) is 7.37. The number of halogens is 1. The highest BCUT2D eigenvalue weighted by molar-refractivity contribution is 7.98. The number of nitrogens with one attached hydrogen (secondary N) is 1. The second-order valence-corrected chi connectivity index (χ2v) is 6.12. The minimum absolute atomic E-state index is 0.0719. The monoisotopic (exact) mass is 317 g/mol. The van der Waals surface area contributed by atoms with Crippen molar-refractivity contribution in [1.82, 2.24) is 5.32 Å². The average Bonchev–Trinajstić information content (AvgIpc) is 2.54. The summed E-state index contributed by atoms with van der Waals surface area (Å²) in [7, 11) is 0. The van der Waals surface area contributed by atoms with Gasteiger partial charge in [-0.25, -0.2) is 4.39 Å². The lowest BCUT2D eigenvalue weighted by Crippen LogP contribution is -2.25. The molecular weight excluding hydrogens is 297 g/mol. The van der Waals surface area contributed by atoms with Crippen LogP contribution in [0.25, 0.3) is 0 Å². The topological polar surface area (TPSA) is 29.1 Å². The first-order valence-corrected chi connectivity index (χ1v) is 8.52. The molecule has 0 saturated heterocycles. The van der Waals surface area contributed by atoms with Gasteiger partial charge in [0.2, 0.25) is 5.91 Å². The van der Waals surface area contributed by atoms with E-state index in [1.807, 2.05) is 18.2 Å². The molecule has 0 spiro atoms. The summed E-state index contributed by atoms with van der Waals surface area (Å²) in [5, 5.41) is 2.90. The minimum atomic E-state index is -0.233. The molecule has 0 atom stereocenters. The molecule has 22 heavy (non-hydrogen) atoms. The van der Waals surface area contributed by atoms with E-state index in [-0.39, 0.29) is 11.7 Å². The Kier molecular flexibility index (Phi) is 6.97. The third-order valence-electron chi connectivity index (χ3n) is 3.23. The maximum atomic E-state index is 12.8. The van der Waals surface area contributed by atoms with Crippen molar-refractivity contribution in [3.8, 4) is 0 Å². The molecular formula is C18H20FNOS. The number of rotatable bonds is 8. The zero-order chi connectivity index (χ0) is 15.6. The van der Waals surface area contributed by atoms with Gasteiger partial charge in [-0.05, 0) is 29.7 Å². The Morgan fingerprint density at radius 1 is 1.00 bits per heavy atom. The summed E-state index contributed by atoms with van der Waals surface area (Å²) in [6.07, 6.45) is 1.25. The van der Waals surface area contributed by atoms with Crippen LogP contribution in [0.2, 0.25) is 0 Å². The number of carbonyl (C=O) groups excluding carboxylic acids is 1. The zero-order valence-corrected chi connectivity index (χ0v) is 13.2. The molecule has 0 aliphatic rings. The SMILES string of the molecule is O=C(CCSCc1ccccc1)NCCc1ccc(F)cc1. The van der Waals surface area contributed by atoms with Gasteiger partial charge in [-0.1, -0.05) is 42.5 Å². The molecule has 0 fully saturated rings. The highest BCUT2D eigenvalue weighted by Gasteiger charge is 2.02. The maximum absolute atomic E-state index is 12.8. The first kappa shape index (κ1) is 16.6. The maximum Gasteiger partial charge on any atom is 0.220 e. The Bertz CT molecular complexity index is 571. The number of hydrogen-bond acceptors (Lipinski definition) is 2. The van der Waals surface area contributed by atoms with Crippen LogP contribution in [0.3, 0.4) is 0 Å². The van der Waals surface area contributed by atoms with E-state index in [2.05, 4.69) is 17.4 Å². The summed E-state index contributed by atoms with van der Waals surface area (Å²) < 4.78 is 12.8. The fourth-order valence-corrected chi connectivity index (χ4v) is 2.92. The third-order valence-corrected chi connectivity index (χ3v) is 4.26. The highest BCUT2D eigenvalue weighted by Crippen LogP contribution is 2.12. The van der Waals surface area contributed by atoms with Crippen molar-refractivity contribution in [3.05, 3.63) is 71.5 Å². The number of amides is 1. The fraction of sp³-hybridized carbons (Fsp3) is 0.278. The molecule has 0 aliphatic heterocycles. The van der Waals surface area contributed by atoms with Crippen LogP contribution >= 0.6 is 11.8 Å². The lowest BCUT2D eigenvalue weighted by atomic mass is 10.1. The van der Waals surface area contributed by atoms with Crippen LogP contribution < -0.4 is 5.32 Å². The number of benzene rings is 2. The van der Waals surface area contributed by atoms with Crippen molar-refractivity contribution >= 4 is 17.7 Å². The molecule has 116 valence electrons. The average molecular weight is 317 g/mol. The van der Waals surface area contributed by atoms with Crippen molar-refractivity contribution in [2.24, 2.45) is 0 Å². The van der Waals surface area contributed by atoms with E-state index in [1.54, 1.807) is 23.9 Å². The fourth-order valence-electron chi connectivity index (χ4n) is 2.01. The molecule has 0 bridgehead atoms. The lowest BCUT2D eigenvalue weighted by molar-refractivity contribution is -0.120. The summed E-state index contributed by atoms with van der Waals surface area (Å²) in [6, 6.07) is 16.6. The molecule has 0 saturated carbocycles. The van der Waals surface area contributed by atoms with E-state index in [9.17, 15) is 9.18 Å². The van der Waals surface area contributed by atoms with Crippen molar-refractivity contribution in [3.63, 3.8) is 0 Å². The Hall–Kier alpha value is -1.81. The molecule has 1 amide bonds. The summed E-state index contributed by atoms with van der Waals surface area (Å²) in [4.78, 5) is 11.7.